The number of ketones is 1. The summed E-state index contributed by atoms with van der Waals surface area (Å²) in [5.41, 5.74) is 0.940. The highest BCUT2D eigenvalue weighted by molar-refractivity contribution is 9.10. The molecule has 82 valence electrons. The van der Waals surface area contributed by atoms with Gasteiger partial charge in [-0.2, -0.15) is 0 Å². The van der Waals surface area contributed by atoms with Gasteiger partial charge in [-0.1, -0.05) is 20.4 Å². The Hall–Kier alpha value is -1.14. The van der Waals surface area contributed by atoms with Gasteiger partial charge in [-0.25, -0.2) is 4.39 Å². The van der Waals surface area contributed by atoms with Gasteiger partial charge in [0.05, 0.1) is 0 Å². The normalized spacial score (nSPS) is 10.4. The predicted molar refractivity (Wildman–Crippen MR) is 62.0 cm³/mol. The van der Waals surface area contributed by atoms with Gasteiger partial charge in [0.15, 0.2) is 5.78 Å². The summed E-state index contributed by atoms with van der Waals surface area (Å²) in [6.07, 6.45) is 0.127. The average Bonchev–Trinajstić information content (AvgIpc) is 2.68. The highest BCUT2D eigenvalue weighted by atomic mass is 79.9. The van der Waals surface area contributed by atoms with Crippen LogP contribution in [0.25, 0.3) is 0 Å². The molecule has 1 heterocycles. The Bertz CT molecular complexity index is 495. The second-order valence-electron chi connectivity index (χ2n) is 3.17. The average molecular weight is 301 g/mol. The minimum absolute atomic E-state index is 0.127. The maximum absolute atomic E-state index is 13.1. The first-order chi connectivity index (χ1) is 7.65. The Labute approximate surface area is 104 Å². The lowest BCUT2D eigenvalue weighted by Gasteiger charge is -2.00. The maximum atomic E-state index is 13.1. The van der Waals surface area contributed by atoms with Crippen molar-refractivity contribution in [3.63, 3.8) is 0 Å². The molecule has 0 aliphatic heterocycles. The molecule has 0 aliphatic carbocycles. The first kappa shape index (κ1) is 11.3. The Balaban J connectivity index is 2.18. The van der Waals surface area contributed by atoms with E-state index in [1.165, 1.54) is 12.1 Å². The molecule has 0 aliphatic rings. The molecule has 0 bridgehead atoms. The van der Waals surface area contributed by atoms with Gasteiger partial charge in [0, 0.05) is 16.3 Å². The Morgan fingerprint density at radius 2 is 2.25 bits per heavy atom. The molecule has 0 fully saturated rings. The number of hydrogen-bond donors (Lipinski definition) is 0. The lowest BCUT2D eigenvalue weighted by atomic mass is 10.1. The molecule has 0 saturated heterocycles. The Kier molecular flexibility index (Phi) is 3.40. The third-order valence-corrected chi connectivity index (χ3v) is 2.90. The molecule has 2 rings (SSSR count). The minimum atomic E-state index is -0.367. The standard InChI is InChI=1S/C10H6BrFN2OS/c11-7-1-6(2-8(12)4-7)3-10(15)9-5-16-14-13-9/h1-2,4-5H,3H2. The lowest BCUT2D eigenvalue weighted by Crippen LogP contribution is -2.04. The molecule has 0 spiro atoms. The van der Waals surface area contributed by atoms with Crippen molar-refractivity contribution in [2.75, 3.05) is 0 Å². The van der Waals surface area contributed by atoms with Crippen LogP contribution in [0.3, 0.4) is 0 Å². The van der Waals surface area contributed by atoms with Gasteiger partial charge in [-0.3, -0.25) is 4.79 Å². The summed E-state index contributed by atoms with van der Waals surface area (Å²) < 4.78 is 17.3. The summed E-state index contributed by atoms with van der Waals surface area (Å²) in [6.45, 7) is 0. The van der Waals surface area contributed by atoms with Gasteiger partial charge in [-0.15, -0.1) is 5.10 Å². The second-order valence-corrected chi connectivity index (χ2v) is 4.69. The number of carbonyl (C=O) groups excluding carboxylic acids is 1. The number of halogens is 2. The van der Waals surface area contributed by atoms with Crippen molar-refractivity contribution in [3.05, 3.63) is 45.1 Å². The van der Waals surface area contributed by atoms with Crippen molar-refractivity contribution in [3.8, 4) is 0 Å². The van der Waals surface area contributed by atoms with Gasteiger partial charge >= 0.3 is 0 Å². The van der Waals surface area contributed by atoms with Gasteiger partial charge < -0.3 is 0 Å². The third-order valence-electron chi connectivity index (χ3n) is 1.93. The van der Waals surface area contributed by atoms with Crippen LogP contribution in [0.2, 0.25) is 0 Å². The first-order valence-corrected chi connectivity index (χ1v) is 6.03. The predicted octanol–water partition coefficient (Wildman–Crippen LogP) is 2.87. The minimum Gasteiger partial charge on any atom is -0.292 e. The fourth-order valence-electron chi connectivity index (χ4n) is 1.28. The third kappa shape index (κ3) is 2.70. The van der Waals surface area contributed by atoms with Crippen molar-refractivity contribution in [1.82, 2.24) is 9.59 Å². The summed E-state index contributed by atoms with van der Waals surface area (Å²) in [5.74, 6) is -0.528. The van der Waals surface area contributed by atoms with E-state index in [0.29, 0.717) is 15.7 Å². The molecular formula is C10H6BrFN2OS. The van der Waals surface area contributed by atoms with E-state index in [9.17, 15) is 9.18 Å². The van der Waals surface area contributed by atoms with Crippen molar-refractivity contribution in [2.45, 2.75) is 6.42 Å². The van der Waals surface area contributed by atoms with Gasteiger partial charge in [0.25, 0.3) is 0 Å². The number of rotatable bonds is 3. The number of hydrogen-bond acceptors (Lipinski definition) is 4. The Morgan fingerprint density at radius 3 is 2.88 bits per heavy atom. The number of benzene rings is 1. The van der Waals surface area contributed by atoms with Crippen molar-refractivity contribution >= 4 is 33.2 Å². The molecule has 1 aromatic heterocycles. The molecule has 0 saturated carbocycles. The summed E-state index contributed by atoms with van der Waals surface area (Å²) in [6, 6.07) is 4.39. The Morgan fingerprint density at radius 1 is 1.44 bits per heavy atom. The van der Waals surface area contributed by atoms with E-state index in [2.05, 4.69) is 25.5 Å². The largest absolute Gasteiger partial charge is 0.292 e. The highest BCUT2D eigenvalue weighted by Crippen LogP contribution is 2.16. The quantitative estimate of drug-likeness (QED) is 0.819. The van der Waals surface area contributed by atoms with E-state index in [4.69, 9.17) is 0 Å². The first-order valence-electron chi connectivity index (χ1n) is 4.40. The molecule has 16 heavy (non-hydrogen) atoms. The van der Waals surface area contributed by atoms with Crippen LogP contribution in [0.15, 0.2) is 28.1 Å². The molecule has 0 unspecified atom stereocenters. The number of carbonyl (C=O) groups is 1. The summed E-state index contributed by atoms with van der Waals surface area (Å²) in [7, 11) is 0. The number of aromatic nitrogens is 2. The van der Waals surface area contributed by atoms with Crippen LogP contribution < -0.4 is 0 Å². The zero-order valence-corrected chi connectivity index (χ0v) is 10.4. The van der Waals surface area contributed by atoms with E-state index in [-0.39, 0.29) is 18.0 Å². The molecule has 3 nitrogen and oxygen atoms in total. The monoisotopic (exact) mass is 300 g/mol. The van der Waals surface area contributed by atoms with Crippen LogP contribution in [-0.4, -0.2) is 15.4 Å². The van der Waals surface area contributed by atoms with E-state index in [1.807, 2.05) is 0 Å². The molecule has 0 N–H and O–H groups in total. The van der Waals surface area contributed by atoms with Gasteiger partial charge in [0.1, 0.15) is 11.5 Å². The SMILES string of the molecule is O=C(Cc1cc(F)cc(Br)c1)c1csnn1. The van der Waals surface area contributed by atoms with Crippen molar-refractivity contribution in [2.24, 2.45) is 0 Å². The molecule has 6 heteroatoms. The smallest absolute Gasteiger partial charge is 0.188 e. The summed E-state index contributed by atoms with van der Waals surface area (Å²) in [4.78, 5) is 11.7. The van der Waals surface area contributed by atoms with Gasteiger partial charge in [0.2, 0.25) is 0 Å². The molecule has 0 amide bonds. The summed E-state index contributed by atoms with van der Waals surface area (Å²) >= 11 is 4.29. The van der Waals surface area contributed by atoms with Crippen LogP contribution in [0, 0.1) is 5.82 Å². The molecule has 0 radical (unpaired) electrons. The molecular weight excluding hydrogens is 295 g/mol. The second kappa shape index (κ2) is 4.80. The molecule has 2 aromatic rings. The van der Waals surface area contributed by atoms with E-state index < -0.39 is 0 Å². The zero-order chi connectivity index (χ0) is 11.5. The van der Waals surface area contributed by atoms with Crippen LogP contribution >= 0.6 is 27.5 Å². The van der Waals surface area contributed by atoms with E-state index in [0.717, 1.165) is 11.5 Å². The van der Waals surface area contributed by atoms with Gasteiger partial charge in [-0.05, 0) is 35.3 Å². The summed E-state index contributed by atoms with van der Waals surface area (Å²) in [5, 5.41) is 5.25. The topological polar surface area (TPSA) is 42.9 Å². The van der Waals surface area contributed by atoms with E-state index in [1.54, 1.807) is 11.4 Å². The van der Waals surface area contributed by atoms with Crippen molar-refractivity contribution < 1.29 is 9.18 Å². The van der Waals surface area contributed by atoms with E-state index >= 15 is 0 Å². The van der Waals surface area contributed by atoms with Crippen LogP contribution in [-0.2, 0) is 6.42 Å². The highest BCUT2D eigenvalue weighted by Gasteiger charge is 2.10. The zero-order valence-electron chi connectivity index (χ0n) is 7.98. The molecule has 0 atom stereocenters. The number of nitrogens with zero attached hydrogens (tertiary/aromatic N) is 2. The molecule has 1 aromatic carbocycles. The van der Waals surface area contributed by atoms with Crippen LogP contribution in [0.5, 0.6) is 0 Å². The fraction of sp³-hybridized carbons (Fsp3) is 0.100. The van der Waals surface area contributed by atoms with Crippen LogP contribution in [0.4, 0.5) is 4.39 Å². The fourth-order valence-corrected chi connectivity index (χ4v) is 2.25. The maximum Gasteiger partial charge on any atom is 0.188 e. The van der Waals surface area contributed by atoms with Crippen molar-refractivity contribution in [1.29, 1.82) is 0 Å². The lowest BCUT2D eigenvalue weighted by molar-refractivity contribution is 0.0988. The number of Topliss-reactive ketones (excluding diaryl/α,β-unsaturated/α-hetero) is 1. The van der Waals surface area contributed by atoms with Crippen LogP contribution in [0.1, 0.15) is 16.1 Å².